The van der Waals surface area contributed by atoms with Crippen LogP contribution in [-0.2, 0) is 27.9 Å². The van der Waals surface area contributed by atoms with E-state index in [1.165, 1.54) is 96.3 Å². The summed E-state index contributed by atoms with van der Waals surface area (Å²) >= 11 is 0. The zero-order valence-electron chi connectivity index (χ0n) is 37.5. The average molecular weight is 875 g/mol. The summed E-state index contributed by atoms with van der Waals surface area (Å²) in [6.07, 6.45) is 32.0. The minimum absolute atomic E-state index is 0.0833. The maximum atomic E-state index is 12.8. The van der Waals surface area contributed by atoms with Gasteiger partial charge in [0, 0.05) is 13.0 Å². The molecule has 6 atom stereocenters. The van der Waals surface area contributed by atoms with Crippen LogP contribution < -0.4 is 0 Å². The van der Waals surface area contributed by atoms with Gasteiger partial charge in [-0.05, 0) is 70.6 Å². The van der Waals surface area contributed by atoms with Gasteiger partial charge >= 0.3 is 13.8 Å². The third-order valence-corrected chi connectivity index (χ3v) is 12.0. The van der Waals surface area contributed by atoms with Gasteiger partial charge in [-0.15, -0.1) is 0 Å². The Bertz CT molecular complexity index is 1130. The molecule has 0 saturated heterocycles. The lowest BCUT2D eigenvalue weighted by Gasteiger charge is -2.41. The molecule has 60 heavy (non-hydrogen) atoms. The molecule has 1 aliphatic rings. The molecular formula is C47H87O12P. The summed E-state index contributed by atoms with van der Waals surface area (Å²) in [6, 6.07) is 0. The molecule has 0 amide bonds. The Hall–Kier alpha value is -1.44. The fourth-order valence-electron chi connectivity index (χ4n) is 7.14. The van der Waals surface area contributed by atoms with Crippen LogP contribution in [0, 0.1) is 0 Å². The van der Waals surface area contributed by atoms with E-state index >= 15 is 0 Å². The van der Waals surface area contributed by atoms with E-state index in [1.807, 2.05) is 0 Å². The van der Waals surface area contributed by atoms with E-state index in [0.29, 0.717) is 13.0 Å². The standard InChI is InChI=1S/C47H87O12P/c1-3-5-7-9-11-13-15-17-19-21-22-24-26-28-30-32-34-36-41(48)58-40(39-57-60(54,55)59-47-45(52)43(50)42(49)44(51)46(47)53)38-56-37-35-33-31-29-27-25-23-20-18-16-14-12-10-8-6-4-2/h11,13,17-20,40,42-47,49-53H,3-10,12,14-16,21-39H2,1-2H3,(H,54,55)/b13-11-,19-17-,20-18-. The second-order valence-electron chi connectivity index (χ2n) is 16.6. The molecule has 0 radical (unpaired) electrons. The van der Waals surface area contributed by atoms with E-state index in [9.17, 15) is 39.8 Å². The number of hydrogen-bond donors (Lipinski definition) is 6. The first-order valence-corrected chi connectivity index (χ1v) is 25.3. The number of carbonyl (C=O) groups is 1. The minimum Gasteiger partial charge on any atom is -0.457 e. The first-order chi connectivity index (χ1) is 29.0. The normalized spacial score (nSPS) is 22.6. The van der Waals surface area contributed by atoms with Crippen LogP contribution >= 0.6 is 7.82 Å². The van der Waals surface area contributed by atoms with Gasteiger partial charge < -0.3 is 39.9 Å². The van der Waals surface area contributed by atoms with Crippen molar-refractivity contribution >= 4 is 13.8 Å². The molecule has 12 nitrogen and oxygen atoms in total. The lowest BCUT2D eigenvalue weighted by atomic mass is 9.85. The number of phosphoric acid groups is 1. The Balaban J connectivity index is 2.39. The van der Waals surface area contributed by atoms with E-state index in [1.54, 1.807) is 0 Å². The smallest absolute Gasteiger partial charge is 0.457 e. The molecule has 0 aromatic carbocycles. The van der Waals surface area contributed by atoms with Crippen LogP contribution in [0.3, 0.4) is 0 Å². The lowest BCUT2D eigenvalue weighted by molar-refractivity contribution is -0.220. The molecule has 0 bridgehead atoms. The van der Waals surface area contributed by atoms with Crippen LogP contribution in [0.1, 0.15) is 194 Å². The number of carbonyl (C=O) groups excluding carboxylic acids is 1. The van der Waals surface area contributed by atoms with Gasteiger partial charge in [0.1, 0.15) is 42.7 Å². The Morgan fingerprint density at radius 2 is 0.933 bits per heavy atom. The number of hydrogen-bond acceptors (Lipinski definition) is 11. The number of unbranched alkanes of at least 4 members (excludes halogenated alkanes) is 22. The maximum absolute atomic E-state index is 12.8. The molecule has 1 fully saturated rings. The SMILES string of the molecule is CCCCC/C=C\C/C=C\CCCCCCCCCC(=O)OC(COCCCCCCCC/C=C\CCCCCCCC)COP(=O)(O)OC1C(O)C(O)C(O)C(O)C1O. The van der Waals surface area contributed by atoms with Gasteiger partial charge in [0.05, 0.1) is 13.2 Å². The van der Waals surface area contributed by atoms with Gasteiger partial charge in [0.25, 0.3) is 0 Å². The molecule has 1 saturated carbocycles. The Kier molecular flexibility index (Phi) is 35.9. The predicted octanol–water partition coefficient (Wildman–Crippen LogP) is 9.87. The number of aliphatic hydroxyl groups excluding tert-OH is 5. The second-order valence-corrected chi connectivity index (χ2v) is 18.0. The van der Waals surface area contributed by atoms with Crippen molar-refractivity contribution in [1.29, 1.82) is 0 Å². The predicted molar refractivity (Wildman–Crippen MR) is 239 cm³/mol. The third-order valence-electron chi connectivity index (χ3n) is 11.0. The first-order valence-electron chi connectivity index (χ1n) is 23.8. The summed E-state index contributed by atoms with van der Waals surface area (Å²) in [5.41, 5.74) is 0. The zero-order chi connectivity index (χ0) is 44.1. The molecule has 1 rings (SSSR count). The van der Waals surface area contributed by atoms with Crippen molar-refractivity contribution in [2.75, 3.05) is 19.8 Å². The van der Waals surface area contributed by atoms with Crippen LogP contribution in [0.4, 0.5) is 0 Å². The molecule has 13 heteroatoms. The first kappa shape index (κ1) is 56.6. The van der Waals surface area contributed by atoms with Gasteiger partial charge in [0.15, 0.2) is 0 Å². The molecule has 0 aliphatic heterocycles. The van der Waals surface area contributed by atoms with Crippen molar-refractivity contribution < 1.29 is 58.3 Å². The minimum atomic E-state index is -5.02. The van der Waals surface area contributed by atoms with Gasteiger partial charge in [-0.1, -0.05) is 153 Å². The number of rotatable bonds is 40. The molecule has 0 aromatic heterocycles. The highest BCUT2D eigenvalue weighted by molar-refractivity contribution is 7.47. The summed E-state index contributed by atoms with van der Waals surface area (Å²) in [4.78, 5) is 23.2. The largest absolute Gasteiger partial charge is 0.472 e. The molecular weight excluding hydrogens is 787 g/mol. The highest BCUT2D eigenvalue weighted by Gasteiger charge is 2.51. The summed E-state index contributed by atoms with van der Waals surface area (Å²) in [7, 11) is -5.02. The van der Waals surface area contributed by atoms with E-state index in [0.717, 1.165) is 70.6 Å². The van der Waals surface area contributed by atoms with Crippen molar-refractivity contribution in [3.8, 4) is 0 Å². The van der Waals surface area contributed by atoms with Crippen molar-refractivity contribution in [3.63, 3.8) is 0 Å². The van der Waals surface area contributed by atoms with Gasteiger partial charge in [-0.3, -0.25) is 13.8 Å². The molecule has 6 N–H and O–H groups in total. The highest BCUT2D eigenvalue weighted by atomic mass is 31.2. The molecule has 0 heterocycles. The van der Waals surface area contributed by atoms with Crippen LogP contribution in [0.15, 0.2) is 36.5 Å². The zero-order valence-corrected chi connectivity index (χ0v) is 38.4. The molecule has 6 unspecified atom stereocenters. The van der Waals surface area contributed by atoms with Gasteiger partial charge in [0.2, 0.25) is 0 Å². The van der Waals surface area contributed by atoms with E-state index < -0.39 is 63.1 Å². The Morgan fingerprint density at radius 3 is 1.45 bits per heavy atom. The second kappa shape index (κ2) is 38.1. The average Bonchev–Trinajstić information content (AvgIpc) is 3.23. The van der Waals surface area contributed by atoms with Gasteiger partial charge in [-0.2, -0.15) is 0 Å². The van der Waals surface area contributed by atoms with Crippen molar-refractivity contribution in [2.45, 2.75) is 236 Å². The van der Waals surface area contributed by atoms with E-state index in [2.05, 4.69) is 50.3 Å². The van der Waals surface area contributed by atoms with Crippen molar-refractivity contribution in [3.05, 3.63) is 36.5 Å². The fraction of sp³-hybridized carbons (Fsp3) is 0.851. The van der Waals surface area contributed by atoms with Crippen LogP contribution in [-0.4, -0.2) is 98.9 Å². The van der Waals surface area contributed by atoms with Crippen LogP contribution in [0.2, 0.25) is 0 Å². The van der Waals surface area contributed by atoms with Crippen molar-refractivity contribution in [1.82, 2.24) is 0 Å². The van der Waals surface area contributed by atoms with Crippen LogP contribution in [0.25, 0.3) is 0 Å². The molecule has 0 aromatic rings. The topological polar surface area (TPSA) is 192 Å². The number of allylic oxidation sites excluding steroid dienone is 6. The number of aliphatic hydroxyl groups is 5. The fourth-order valence-corrected chi connectivity index (χ4v) is 8.12. The lowest BCUT2D eigenvalue weighted by Crippen LogP contribution is -2.64. The summed E-state index contributed by atoms with van der Waals surface area (Å²) < 4.78 is 34.2. The number of esters is 1. The molecule has 0 spiro atoms. The highest BCUT2D eigenvalue weighted by Crippen LogP contribution is 2.47. The van der Waals surface area contributed by atoms with Crippen LogP contribution in [0.5, 0.6) is 0 Å². The number of phosphoric ester groups is 1. The maximum Gasteiger partial charge on any atom is 0.472 e. The monoisotopic (exact) mass is 875 g/mol. The van der Waals surface area contributed by atoms with E-state index in [-0.39, 0.29) is 13.0 Å². The quantitative estimate of drug-likeness (QED) is 0.0148. The summed E-state index contributed by atoms with van der Waals surface area (Å²) in [6.45, 7) is 4.21. The number of ether oxygens (including phenoxy) is 2. The van der Waals surface area contributed by atoms with Crippen molar-refractivity contribution in [2.24, 2.45) is 0 Å². The summed E-state index contributed by atoms with van der Waals surface area (Å²) in [5.74, 6) is -0.487. The Labute approximate surface area is 363 Å². The summed E-state index contributed by atoms with van der Waals surface area (Å²) in [5, 5.41) is 50.2. The molecule has 1 aliphatic carbocycles. The Morgan fingerprint density at radius 1 is 0.533 bits per heavy atom. The van der Waals surface area contributed by atoms with E-state index in [4.69, 9.17) is 18.5 Å². The third kappa shape index (κ3) is 29.8. The molecule has 352 valence electrons. The van der Waals surface area contributed by atoms with Gasteiger partial charge in [-0.25, -0.2) is 4.57 Å².